The number of hydrogen-bond donors (Lipinski definition) is 1. The van der Waals surface area contributed by atoms with Crippen LogP contribution < -0.4 is 0 Å². The molecule has 108 valence electrons. The Balaban J connectivity index is 2.10. The van der Waals surface area contributed by atoms with Gasteiger partial charge in [0.15, 0.2) is 0 Å². The molecule has 2 aliphatic carbocycles. The Morgan fingerprint density at radius 2 is 2.00 bits per heavy atom. The highest BCUT2D eigenvalue weighted by atomic mass is 19.1. The van der Waals surface area contributed by atoms with Gasteiger partial charge >= 0.3 is 0 Å². The minimum absolute atomic E-state index is 0.0370. The van der Waals surface area contributed by atoms with Gasteiger partial charge in [0, 0.05) is 5.57 Å². The van der Waals surface area contributed by atoms with E-state index in [1.807, 2.05) is 6.07 Å². The molecule has 0 bridgehead atoms. The predicted molar refractivity (Wildman–Crippen MR) is 78.4 cm³/mol. The number of halogens is 1. The lowest BCUT2D eigenvalue weighted by atomic mass is 9.90. The van der Waals surface area contributed by atoms with Crippen LogP contribution in [0.1, 0.15) is 49.7 Å². The van der Waals surface area contributed by atoms with Crippen LogP contribution in [0.25, 0.3) is 5.57 Å². The number of allylic oxidation sites excluding steroid dienone is 2. The Bertz CT molecular complexity index is 664. The van der Waals surface area contributed by atoms with E-state index in [2.05, 4.69) is 5.16 Å². The average Bonchev–Trinajstić information content (AvgIpc) is 3.16. The van der Waals surface area contributed by atoms with E-state index in [9.17, 15) is 9.60 Å². The zero-order chi connectivity index (χ0) is 14.8. The van der Waals surface area contributed by atoms with E-state index in [0.29, 0.717) is 11.6 Å². The van der Waals surface area contributed by atoms with Gasteiger partial charge in [-0.2, -0.15) is 5.26 Å². The smallest absolute Gasteiger partial charge is 0.140 e. The van der Waals surface area contributed by atoms with Gasteiger partial charge in [-0.25, -0.2) is 4.39 Å². The van der Waals surface area contributed by atoms with E-state index in [-0.39, 0.29) is 5.56 Å². The highest BCUT2D eigenvalue weighted by molar-refractivity contribution is 6.26. The number of benzene rings is 1. The van der Waals surface area contributed by atoms with Gasteiger partial charge in [0.25, 0.3) is 0 Å². The Kier molecular flexibility index (Phi) is 3.74. The molecule has 4 heteroatoms. The molecule has 1 saturated carbocycles. The maximum atomic E-state index is 13.5. The number of oxime groups is 1. The average molecular weight is 284 g/mol. The number of nitriles is 1. The van der Waals surface area contributed by atoms with Crippen LogP contribution in [0.5, 0.6) is 0 Å². The van der Waals surface area contributed by atoms with Crippen LogP contribution in [0.15, 0.2) is 28.9 Å². The Labute approximate surface area is 123 Å². The molecule has 0 spiro atoms. The van der Waals surface area contributed by atoms with Crippen LogP contribution in [-0.2, 0) is 0 Å². The fraction of sp³-hybridized carbons (Fsp3) is 0.412. The highest BCUT2D eigenvalue weighted by Crippen LogP contribution is 2.42. The lowest BCUT2D eigenvalue weighted by molar-refractivity contribution is 0.319. The number of hydrogen-bond acceptors (Lipinski definition) is 3. The zero-order valence-electron chi connectivity index (χ0n) is 11.8. The summed E-state index contributed by atoms with van der Waals surface area (Å²) in [5.74, 6) is 0.0274. The van der Waals surface area contributed by atoms with Gasteiger partial charge < -0.3 is 5.21 Å². The monoisotopic (exact) mass is 284 g/mol. The summed E-state index contributed by atoms with van der Waals surface area (Å²) in [6.45, 7) is 0. The zero-order valence-corrected chi connectivity index (χ0v) is 11.8. The third kappa shape index (κ3) is 2.44. The van der Waals surface area contributed by atoms with Gasteiger partial charge in [-0.1, -0.05) is 29.6 Å². The molecule has 0 amide bonds. The predicted octanol–water partition coefficient (Wildman–Crippen LogP) is 4.27. The van der Waals surface area contributed by atoms with Crippen LogP contribution in [0.3, 0.4) is 0 Å². The lowest BCUT2D eigenvalue weighted by Gasteiger charge is -2.14. The first-order valence-electron chi connectivity index (χ1n) is 7.39. The molecule has 3 nitrogen and oxygen atoms in total. The summed E-state index contributed by atoms with van der Waals surface area (Å²) >= 11 is 0. The molecule has 0 atom stereocenters. The summed E-state index contributed by atoms with van der Waals surface area (Å²) in [5.41, 5.74) is 3.74. The van der Waals surface area contributed by atoms with Crippen molar-refractivity contribution in [3.63, 3.8) is 0 Å². The number of nitrogens with zero attached hydrogens (tertiary/aromatic N) is 2. The second-order valence-electron chi connectivity index (χ2n) is 5.73. The fourth-order valence-corrected chi connectivity index (χ4v) is 3.59. The van der Waals surface area contributed by atoms with Crippen LogP contribution in [0.2, 0.25) is 0 Å². The van der Waals surface area contributed by atoms with Gasteiger partial charge in [0.2, 0.25) is 0 Å². The molecule has 2 aliphatic rings. The molecule has 0 aromatic heterocycles. The Morgan fingerprint density at radius 3 is 2.67 bits per heavy atom. The third-order valence-corrected chi connectivity index (χ3v) is 4.59. The van der Waals surface area contributed by atoms with Crippen LogP contribution >= 0.6 is 0 Å². The third-order valence-electron chi connectivity index (χ3n) is 4.59. The maximum absolute atomic E-state index is 13.5. The van der Waals surface area contributed by atoms with Crippen molar-refractivity contribution < 1.29 is 9.60 Å². The van der Waals surface area contributed by atoms with Gasteiger partial charge in [0.1, 0.15) is 11.9 Å². The maximum Gasteiger partial charge on any atom is 0.140 e. The van der Waals surface area contributed by atoms with Crippen LogP contribution in [-0.4, -0.2) is 10.9 Å². The van der Waals surface area contributed by atoms with E-state index < -0.39 is 5.82 Å². The van der Waals surface area contributed by atoms with Crippen molar-refractivity contribution in [1.29, 1.82) is 5.26 Å². The van der Waals surface area contributed by atoms with Gasteiger partial charge in [-0.05, 0) is 49.3 Å². The van der Waals surface area contributed by atoms with E-state index >= 15 is 0 Å². The SMILES string of the molecule is N#Cc1cc(C2=C(C3CCCC3)CC/C2=N\O)ccc1F. The van der Waals surface area contributed by atoms with Crippen molar-refractivity contribution in [1.82, 2.24) is 0 Å². The molecule has 0 unspecified atom stereocenters. The summed E-state index contributed by atoms with van der Waals surface area (Å²) < 4.78 is 13.5. The van der Waals surface area contributed by atoms with Crippen molar-refractivity contribution >= 4 is 11.3 Å². The second kappa shape index (κ2) is 5.69. The van der Waals surface area contributed by atoms with Crippen molar-refractivity contribution in [3.8, 4) is 6.07 Å². The molecule has 0 aliphatic heterocycles. The summed E-state index contributed by atoms with van der Waals surface area (Å²) in [6, 6.07) is 6.44. The first kappa shape index (κ1) is 13.8. The first-order valence-corrected chi connectivity index (χ1v) is 7.39. The van der Waals surface area contributed by atoms with Crippen molar-refractivity contribution in [2.45, 2.75) is 38.5 Å². The summed E-state index contributed by atoms with van der Waals surface area (Å²) in [5, 5.41) is 21.7. The van der Waals surface area contributed by atoms with Gasteiger partial charge in [-0.3, -0.25) is 0 Å². The Morgan fingerprint density at radius 1 is 1.24 bits per heavy atom. The molecule has 0 saturated heterocycles. The molecule has 1 fully saturated rings. The summed E-state index contributed by atoms with van der Waals surface area (Å²) in [7, 11) is 0. The lowest BCUT2D eigenvalue weighted by Crippen LogP contribution is -2.02. The topological polar surface area (TPSA) is 56.4 Å². The minimum atomic E-state index is -0.509. The molecular weight excluding hydrogens is 267 g/mol. The van der Waals surface area contributed by atoms with Gasteiger partial charge in [-0.15, -0.1) is 0 Å². The molecule has 0 heterocycles. The van der Waals surface area contributed by atoms with E-state index in [1.165, 1.54) is 37.3 Å². The van der Waals surface area contributed by atoms with Crippen molar-refractivity contribution in [2.24, 2.45) is 11.1 Å². The standard InChI is InChI=1S/C17H17FN2O/c18-15-7-5-12(9-13(15)10-19)17-14(6-8-16(17)20-21)11-3-1-2-4-11/h5,7,9,11,21H,1-4,6,8H2/b20-16+. The van der Waals surface area contributed by atoms with E-state index in [0.717, 1.165) is 24.0 Å². The van der Waals surface area contributed by atoms with Crippen LogP contribution in [0.4, 0.5) is 4.39 Å². The van der Waals surface area contributed by atoms with Crippen LogP contribution in [0, 0.1) is 23.1 Å². The van der Waals surface area contributed by atoms with Crippen molar-refractivity contribution in [3.05, 3.63) is 40.7 Å². The van der Waals surface area contributed by atoms with E-state index in [4.69, 9.17) is 5.26 Å². The number of rotatable bonds is 2. The minimum Gasteiger partial charge on any atom is -0.411 e. The summed E-state index contributed by atoms with van der Waals surface area (Å²) in [4.78, 5) is 0. The largest absolute Gasteiger partial charge is 0.411 e. The molecule has 1 N–H and O–H groups in total. The Hall–Kier alpha value is -2.15. The molecule has 0 radical (unpaired) electrons. The molecule has 1 aromatic rings. The molecule has 1 aromatic carbocycles. The van der Waals surface area contributed by atoms with Crippen molar-refractivity contribution in [2.75, 3.05) is 0 Å². The molecule has 21 heavy (non-hydrogen) atoms. The fourth-order valence-electron chi connectivity index (χ4n) is 3.59. The van der Waals surface area contributed by atoms with Gasteiger partial charge in [0.05, 0.1) is 11.3 Å². The second-order valence-corrected chi connectivity index (χ2v) is 5.73. The summed E-state index contributed by atoms with van der Waals surface area (Å²) in [6.07, 6.45) is 6.43. The molecular formula is C17H17FN2O. The van der Waals surface area contributed by atoms with E-state index in [1.54, 1.807) is 12.1 Å². The normalized spacial score (nSPS) is 21.2. The first-order chi connectivity index (χ1) is 10.2. The molecule has 3 rings (SSSR count). The quantitative estimate of drug-likeness (QED) is 0.651. The highest BCUT2D eigenvalue weighted by Gasteiger charge is 2.30.